The van der Waals surface area contributed by atoms with Crippen LogP contribution in [0.1, 0.15) is 63.3 Å². The Morgan fingerprint density at radius 1 is 1.19 bits per heavy atom. The Hall–Kier alpha value is -1.88. The number of aromatic nitrogens is 1. The van der Waals surface area contributed by atoms with Gasteiger partial charge in [-0.05, 0) is 78.0 Å². The predicted molar refractivity (Wildman–Crippen MR) is 107 cm³/mol. The molecule has 4 nitrogen and oxygen atoms in total. The number of esters is 1. The Kier molecular flexibility index (Phi) is 8.10. The number of hydrogen-bond acceptors (Lipinski definition) is 4. The van der Waals surface area contributed by atoms with Gasteiger partial charge in [0.25, 0.3) is 0 Å². The highest BCUT2D eigenvalue weighted by molar-refractivity contribution is 9.10. The molecule has 140 valence electrons. The molecule has 2 rings (SSSR count). The topological polar surface area (TPSA) is 48.4 Å². The van der Waals surface area contributed by atoms with Crippen LogP contribution in [0.5, 0.6) is 11.5 Å². The molecule has 0 bridgehead atoms. The molecule has 0 spiro atoms. The lowest BCUT2D eigenvalue weighted by molar-refractivity contribution is -0.134. The van der Waals surface area contributed by atoms with Gasteiger partial charge in [-0.2, -0.15) is 0 Å². The van der Waals surface area contributed by atoms with Gasteiger partial charge in [-0.3, -0.25) is 4.79 Å². The molecule has 2 aromatic rings. The molecule has 0 saturated carbocycles. The van der Waals surface area contributed by atoms with Gasteiger partial charge in [-0.15, -0.1) is 0 Å². The van der Waals surface area contributed by atoms with Crippen molar-refractivity contribution >= 4 is 21.9 Å². The molecule has 0 amide bonds. The van der Waals surface area contributed by atoms with Gasteiger partial charge in [0, 0.05) is 6.42 Å². The van der Waals surface area contributed by atoms with Crippen LogP contribution in [-0.4, -0.2) is 11.0 Å². The second-order valence-electron chi connectivity index (χ2n) is 6.29. The summed E-state index contributed by atoms with van der Waals surface area (Å²) in [5.41, 5.74) is 1.78. The second-order valence-corrected chi connectivity index (χ2v) is 7.10. The third-order valence-electron chi connectivity index (χ3n) is 3.99. The summed E-state index contributed by atoms with van der Waals surface area (Å²) in [6, 6.07) is 11.4. The van der Waals surface area contributed by atoms with E-state index in [1.165, 1.54) is 0 Å². The van der Waals surface area contributed by atoms with E-state index in [9.17, 15) is 4.79 Å². The number of benzene rings is 1. The quantitative estimate of drug-likeness (QED) is 0.277. The van der Waals surface area contributed by atoms with E-state index in [2.05, 4.69) is 27.8 Å². The summed E-state index contributed by atoms with van der Waals surface area (Å²) in [5, 5.41) is 0. The van der Waals surface area contributed by atoms with Crippen LogP contribution in [0, 0.1) is 6.92 Å². The standard InChI is InChI=1S/C21H26BrNO3/c1-4-6-10-19(17-9-7-11-20(22)23-17)25-16-12-13-18(15(3)14-16)26-21(24)8-5-2/h7,9,11-14,19H,4-6,8,10H2,1-3H3/t19-/m0/s1. The number of ether oxygens (including phenoxy) is 2. The lowest BCUT2D eigenvalue weighted by Gasteiger charge is -2.19. The average Bonchev–Trinajstić information content (AvgIpc) is 2.61. The maximum atomic E-state index is 11.7. The summed E-state index contributed by atoms with van der Waals surface area (Å²) in [4.78, 5) is 16.2. The summed E-state index contributed by atoms with van der Waals surface area (Å²) >= 11 is 3.43. The first-order valence-electron chi connectivity index (χ1n) is 9.14. The van der Waals surface area contributed by atoms with Crippen molar-refractivity contribution in [1.29, 1.82) is 0 Å². The first kappa shape index (κ1) is 20.4. The van der Waals surface area contributed by atoms with E-state index in [4.69, 9.17) is 9.47 Å². The molecule has 0 unspecified atom stereocenters. The number of carbonyl (C=O) groups is 1. The van der Waals surface area contributed by atoms with Crippen LogP contribution < -0.4 is 9.47 Å². The van der Waals surface area contributed by atoms with Gasteiger partial charge in [0.15, 0.2) is 0 Å². The van der Waals surface area contributed by atoms with Crippen molar-refractivity contribution in [1.82, 2.24) is 4.98 Å². The molecule has 1 aromatic heterocycles. The van der Waals surface area contributed by atoms with Crippen LogP contribution in [0.25, 0.3) is 0 Å². The minimum Gasteiger partial charge on any atom is -0.484 e. The Labute approximate surface area is 164 Å². The normalized spacial score (nSPS) is 11.8. The van der Waals surface area contributed by atoms with Gasteiger partial charge < -0.3 is 9.47 Å². The van der Waals surface area contributed by atoms with Crippen molar-refractivity contribution in [2.24, 2.45) is 0 Å². The SMILES string of the molecule is CCCC[C@H](Oc1ccc(OC(=O)CCC)c(C)c1)c1cccc(Br)n1. The van der Waals surface area contributed by atoms with Crippen molar-refractivity contribution in [2.45, 2.75) is 59.0 Å². The molecule has 1 atom stereocenters. The Morgan fingerprint density at radius 2 is 2.00 bits per heavy atom. The second kappa shape index (κ2) is 10.3. The number of pyridine rings is 1. The third-order valence-corrected chi connectivity index (χ3v) is 4.43. The number of halogens is 1. The lowest BCUT2D eigenvalue weighted by Crippen LogP contribution is -2.11. The van der Waals surface area contributed by atoms with Crippen LogP contribution >= 0.6 is 15.9 Å². The van der Waals surface area contributed by atoms with Gasteiger partial charge in [0.05, 0.1) is 5.69 Å². The summed E-state index contributed by atoms with van der Waals surface area (Å²) < 4.78 is 12.4. The maximum absolute atomic E-state index is 11.7. The van der Waals surface area contributed by atoms with E-state index in [1.807, 2.05) is 44.2 Å². The zero-order chi connectivity index (χ0) is 18.9. The summed E-state index contributed by atoms with van der Waals surface area (Å²) in [7, 11) is 0. The van der Waals surface area contributed by atoms with Crippen molar-refractivity contribution in [3.63, 3.8) is 0 Å². The van der Waals surface area contributed by atoms with Crippen LogP contribution in [0.15, 0.2) is 41.0 Å². The van der Waals surface area contributed by atoms with E-state index in [1.54, 1.807) is 6.07 Å². The van der Waals surface area contributed by atoms with Crippen LogP contribution in [0.2, 0.25) is 0 Å². The Bertz CT molecular complexity index is 733. The van der Waals surface area contributed by atoms with E-state index in [-0.39, 0.29) is 12.1 Å². The molecule has 0 aliphatic heterocycles. The molecular weight excluding hydrogens is 394 g/mol. The van der Waals surface area contributed by atoms with Crippen LogP contribution in [-0.2, 0) is 4.79 Å². The van der Waals surface area contributed by atoms with Crippen LogP contribution in [0.4, 0.5) is 0 Å². The van der Waals surface area contributed by atoms with Gasteiger partial charge >= 0.3 is 5.97 Å². The minimum atomic E-state index is -0.205. The van der Waals surface area contributed by atoms with Gasteiger partial charge in [-0.1, -0.05) is 26.3 Å². The largest absolute Gasteiger partial charge is 0.484 e. The maximum Gasteiger partial charge on any atom is 0.311 e. The first-order valence-corrected chi connectivity index (χ1v) is 9.93. The highest BCUT2D eigenvalue weighted by Crippen LogP contribution is 2.30. The highest BCUT2D eigenvalue weighted by atomic mass is 79.9. The molecule has 26 heavy (non-hydrogen) atoms. The summed E-state index contributed by atoms with van der Waals surface area (Å²) in [6.45, 7) is 6.03. The fraction of sp³-hybridized carbons (Fsp3) is 0.429. The van der Waals surface area contributed by atoms with Gasteiger partial charge in [0.2, 0.25) is 0 Å². The van der Waals surface area contributed by atoms with Crippen molar-refractivity contribution < 1.29 is 14.3 Å². The molecule has 1 heterocycles. The number of aryl methyl sites for hydroxylation is 1. The molecule has 0 radical (unpaired) electrons. The Balaban J connectivity index is 2.14. The van der Waals surface area contributed by atoms with Crippen LogP contribution in [0.3, 0.4) is 0 Å². The summed E-state index contributed by atoms with van der Waals surface area (Å²) in [6.07, 6.45) is 4.14. The fourth-order valence-electron chi connectivity index (χ4n) is 2.61. The molecule has 0 saturated heterocycles. The molecule has 0 N–H and O–H groups in total. The van der Waals surface area contributed by atoms with Gasteiger partial charge in [-0.25, -0.2) is 4.98 Å². The highest BCUT2D eigenvalue weighted by Gasteiger charge is 2.16. The molecule has 0 aliphatic carbocycles. The van der Waals surface area contributed by atoms with E-state index in [0.717, 1.165) is 47.3 Å². The third kappa shape index (κ3) is 6.13. The fourth-order valence-corrected chi connectivity index (χ4v) is 2.97. The van der Waals surface area contributed by atoms with E-state index >= 15 is 0 Å². The van der Waals surface area contributed by atoms with E-state index < -0.39 is 0 Å². The number of unbranched alkanes of at least 4 members (excludes halogenated alkanes) is 1. The minimum absolute atomic E-state index is 0.111. The van der Waals surface area contributed by atoms with Crippen molar-refractivity contribution in [3.05, 3.63) is 52.3 Å². The molecule has 0 aliphatic rings. The molecule has 5 heteroatoms. The van der Waals surface area contributed by atoms with Gasteiger partial charge in [0.1, 0.15) is 22.2 Å². The van der Waals surface area contributed by atoms with E-state index in [0.29, 0.717) is 12.2 Å². The zero-order valence-corrected chi connectivity index (χ0v) is 17.2. The average molecular weight is 420 g/mol. The molecule has 1 aromatic carbocycles. The lowest BCUT2D eigenvalue weighted by atomic mass is 10.1. The van der Waals surface area contributed by atoms with Crippen molar-refractivity contribution in [2.75, 3.05) is 0 Å². The predicted octanol–water partition coefficient (Wildman–Crippen LogP) is 6.17. The smallest absolute Gasteiger partial charge is 0.311 e. The first-order chi connectivity index (χ1) is 12.5. The summed E-state index contributed by atoms with van der Waals surface area (Å²) in [5.74, 6) is 1.13. The number of nitrogens with zero attached hydrogens (tertiary/aromatic N) is 1. The number of hydrogen-bond donors (Lipinski definition) is 0. The zero-order valence-electron chi connectivity index (χ0n) is 15.6. The van der Waals surface area contributed by atoms with Crippen molar-refractivity contribution in [3.8, 4) is 11.5 Å². The molecular formula is C21H26BrNO3. The number of rotatable bonds is 9. The number of carbonyl (C=O) groups excluding carboxylic acids is 1. The monoisotopic (exact) mass is 419 g/mol. The Morgan fingerprint density at radius 3 is 2.65 bits per heavy atom. The molecule has 0 fully saturated rings.